The molecule has 5 heteroatoms. The van der Waals surface area contributed by atoms with E-state index in [1.807, 2.05) is 0 Å². The molecule has 0 aromatic heterocycles. The average Bonchev–Trinajstić information content (AvgIpc) is 2.50. The lowest BCUT2D eigenvalue weighted by Gasteiger charge is -2.23. The molecule has 118 valence electrons. The third-order valence-corrected chi connectivity index (χ3v) is 4.03. The highest BCUT2D eigenvalue weighted by molar-refractivity contribution is 9.10. The van der Waals surface area contributed by atoms with E-state index in [0.29, 0.717) is 23.4 Å². The van der Waals surface area contributed by atoms with Gasteiger partial charge in [0.05, 0.1) is 17.7 Å². The molecule has 0 spiro atoms. The third-order valence-electron chi connectivity index (χ3n) is 3.42. The summed E-state index contributed by atoms with van der Waals surface area (Å²) in [6.45, 7) is 3.79. The lowest BCUT2D eigenvalue weighted by Crippen LogP contribution is -2.22. The Hall–Kier alpha value is -0.650. The predicted octanol–water partition coefficient (Wildman–Crippen LogP) is 4.81. The van der Waals surface area contributed by atoms with Crippen LogP contribution < -0.4 is 4.74 Å². The van der Waals surface area contributed by atoms with E-state index in [-0.39, 0.29) is 12.1 Å². The highest BCUT2D eigenvalue weighted by atomic mass is 79.9. The van der Waals surface area contributed by atoms with Crippen molar-refractivity contribution in [1.82, 2.24) is 0 Å². The van der Waals surface area contributed by atoms with Crippen LogP contribution in [0.3, 0.4) is 0 Å². The van der Waals surface area contributed by atoms with Gasteiger partial charge in [0.2, 0.25) is 0 Å². The minimum atomic E-state index is -0.320. The molecule has 1 unspecified atom stereocenters. The summed E-state index contributed by atoms with van der Waals surface area (Å²) in [5.74, 6) is 0.235. The highest BCUT2D eigenvalue weighted by Crippen LogP contribution is 2.28. The summed E-state index contributed by atoms with van der Waals surface area (Å²) in [7, 11) is 0. The van der Waals surface area contributed by atoms with Gasteiger partial charge in [-0.2, -0.15) is 0 Å². The first-order valence-corrected chi connectivity index (χ1v) is 8.34. The van der Waals surface area contributed by atoms with Gasteiger partial charge in [0.25, 0.3) is 0 Å². The Balaban J connectivity index is 1.99. The molecule has 0 saturated carbocycles. The summed E-state index contributed by atoms with van der Waals surface area (Å²) in [6.07, 6.45) is 4.95. The molecular weight excluding hydrogens is 339 g/mol. The summed E-state index contributed by atoms with van der Waals surface area (Å²) < 4.78 is 31.1. The number of hydrogen-bond donors (Lipinski definition) is 0. The van der Waals surface area contributed by atoms with Gasteiger partial charge in [0, 0.05) is 18.2 Å². The van der Waals surface area contributed by atoms with Crippen LogP contribution in [0.15, 0.2) is 16.6 Å². The summed E-state index contributed by atoms with van der Waals surface area (Å²) in [5, 5.41) is 0. The van der Waals surface area contributed by atoms with E-state index >= 15 is 0 Å². The Morgan fingerprint density at radius 2 is 2.24 bits per heavy atom. The highest BCUT2D eigenvalue weighted by Gasteiger charge is 2.16. The summed E-state index contributed by atoms with van der Waals surface area (Å²) in [6, 6.07) is 3.14. The number of ether oxygens (including phenoxy) is 3. The van der Waals surface area contributed by atoms with E-state index in [4.69, 9.17) is 14.2 Å². The van der Waals surface area contributed by atoms with E-state index in [9.17, 15) is 4.39 Å². The largest absolute Gasteiger partial charge is 0.493 e. The number of benzene rings is 1. The van der Waals surface area contributed by atoms with Gasteiger partial charge in [-0.05, 0) is 47.7 Å². The van der Waals surface area contributed by atoms with Crippen molar-refractivity contribution in [2.75, 3.05) is 13.2 Å². The van der Waals surface area contributed by atoms with Crippen molar-refractivity contribution in [3.8, 4) is 5.75 Å². The maximum absolute atomic E-state index is 13.7. The maximum atomic E-state index is 13.7. The standard InChI is InChI=1S/C16H22BrFO3/c1-2-3-7-19-15-10-14(18)13(17)9-12(15)11-21-16-6-4-5-8-20-16/h9-10,16H,2-8,11H2,1H3. The quantitative estimate of drug-likeness (QED) is 0.653. The maximum Gasteiger partial charge on any atom is 0.158 e. The Morgan fingerprint density at radius 1 is 1.38 bits per heavy atom. The molecule has 0 bridgehead atoms. The van der Waals surface area contributed by atoms with Gasteiger partial charge in [-0.25, -0.2) is 4.39 Å². The fraction of sp³-hybridized carbons (Fsp3) is 0.625. The molecule has 1 atom stereocenters. The van der Waals surface area contributed by atoms with Crippen LogP contribution in [0.5, 0.6) is 5.75 Å². The van der Waals surface area contributed by atoms with Gasteiger partial charge in [0.1, 0.15) is 11.6 Å². The van der Waals surface area contributed by atoms with E-state index in [0.717, 1.165) is 44.3 Å². The van der Waals surface area contributed by atoms with Gasteiger partial charge in [-0.3, -0.25) is 0 Å². The zero-order chi connectivity index (χ0) is 15.1. The molecule has 1 fully saturated rings. The Bertz CT molecular complexity index is 447. The molecule has 1 aliphatic rings. The zero-order valence-corrected chi connectivity index (χ0v) is 14.0. The van der Waals surface area contributed by atoms with Crippen molar-refractivity contribution in [2.24, 2.45) is 0 Å². The van der Waals surface area contributed by atoms with Crippen LogP contribution in [0.2, 0.25) is 0 Å². The van der Waals surface area contributed by atoms with Crippen LogP contribution in [-0.4, -0.2) is 19.5 Å². The van der Waals surface area contributed by atoms with Crippen LogP contribution in [0.25, 0.3) is 0 Å². The molecule has 0 N–H and O–H groups in total. The van der Waals surface area contributed by atoms with Gasteiger partial charge in [-0.15, -0.1) is 0 Å². The molecular formula is C16H22BrFO3. The molecule has 21 heavy (non-hydrogen) atoms. The van der Waals surface area contributed by atoms with Crippen molar-refractivity contribution in [2.45, 2.75) is 51.9 Å². The molecule has 3 nitrogen and oxygen atoms in total. The average molecular weight is 361 g/mol. The predicted molar refractivity (Wildman–Crippen MR) is 82.9 cm³/mol. The molecule has 2 rings (SSSR count). The lowest BCUT2D eigenvalue weighted by atomic mass is 10.2. The van der Waals surface area contributed by atoms with Gasteiger partial charge >= 0.3 is 0 Å². The molecule has 1 saturated heterocycles. The van der Waals surface area contributed by atoms with Crippen molar-refractivity contribution in [1.29, 1.82) is 0 Å². The van der Waals surface area contributed by atoms with E-state index in [1.165, 1.54) is 6.07 Å². The number of unbranched alkanes of at least 4 members (excludes halogenated alkanes) is 1. The fourth-order valence-corrected chi connectivity index (χ4v) is 2.56. The van der Waals surface area contributed by atoms with E-state index in [1.54, 1.807) is 6.07 Å². The van der Waals surface area contributed by atoms with Gasteiger partial charge < -0.3 is 14.2 Å². The molecule has 1 aromatic carbocycles. The lowest BCUT2D eigenvalue weighted by molar-refractivity contribution is -0.169. The van der Waals surface area contributed by atoms with Gasteiger partial charge in [0.15, 0.2) is 6.29 Å². The van der Waals surface area contributed by atoms with E-state index < -0.39 is 0 Å². The first kappa shape index (κ1) is 16.7. The second kappa shape index (κ2) is 8.71. The molecule has 0 amide bonds. The zero-order valence-electron chi connectivity index (χ0n) is 12.4. The molecule has 1 aliphatic heterocycles. The minimum absolute atomic E-state index is 0.161. The first-order chi connectivity index (χ1) is 10.2. The smallest absolute Gasteiger partial charge is 0.158 e. The van der Waals surface area contributed by atoms with Gasteiger partial charge in [-0.1, -0.05) is 13.3 Å². The second-order valence-electron chi connectivity index (χ2n) is 5.18. The Kier molecular flexibility index (Phi) is 6.93. The summed E-state index contributed by atoms with van der Waals surface area (Å²) >= 11 is 3.21. The van der Waals surface area contributed by atoms with Crippen LogP contribution in [0.1, 0.15) is 44.6 Å². The van der Waals surface area contributed by atoms with Crippen molar-refractivity contribution in [3.63, 3.8) is 0 Å². The van der Waals surface area contributed by atoms with Crippen molar-refractivity contribution < 1.29 is 18.6 Å². The summed E-state index contributed by atoms with van der Waals surface area (Å²) in [5.41, 5.74) is 0.841. The van der Waals surface area contributed by atoms with Crippen molar-refractivity contribution >= 4 is 15.9 Å². The van der Waals surface area contributed by atoms with Crippen LogP contribution in [0, 0.1) is 5.82 Å². The SMILES string of the molecule is CCCCOc1cc(F)c(Br)cc1COC1CCCCO1. The monoisotopic (exact) mass is 360 g/mol. The number of hydrogen-bond acceptors (Lipinski definition) is 3. The first-order valence-electron chi connectivity index (χ1n) is 7.54. The minimum Gasteiger partial charge on any atom is -0.493 e. The van der Waals surface area contributed by atoms with Crippen LogP contribution in [0.4, 0.5) is 4.39 Å². The topological polar surface area (TPSA) is 27.7 Å². The molecule has 0 aliphatic carbocycles. The number of halogens is 2. The van der Waals surface area contributed by atoms with E-state index in [2.05, 4.69) is 22.9 Å². The Labute approximate surface area is 133 Å². The Morgan fingerprint density at radius 3 is 2.95 bits per heavy atom. The van der Waals surface area contributed by atoms with Crippen LogP contribution in [-0.2, 0) is 16.1 Å². The molecule has 0 radical (unpaired) electrons. The third kappa shape index (κ3) is 5.24. The van der Waals surface area contributed by atoms with Crippen molar-refractivity contribution in [3.05, 3.63) is 28.0 Å². The molecule has 1 aromatic rings. The summed E-state index contributed by atoms with van der Waals surface area (Å²) in [4.78, 5) is 0. The second-order valence-corrected chi connectivity index (χ2v) is 6.04. The van der Waals surface area contributed by atoms with Crippen LogP contribution >= 0.6 is 15.9 Å². The molecule has 1 heterocycles. The fourth-order valence-electron chi connectivity index (χ4n) is 2.17. The normalized spacial score (nSPS) is 18.7. The number of rotatable bonds is 7.